The second kappa shape index (κ2) is 5.10. The lowest BCUT2D eigenvalue weighted by Gasteiger charge is -2.15. The molecule has 2 heterocycles. The largest absolute Gasteiger partial charge is 0.295 e. The van der Waals surface area contributed by atoms with Crippen LogP contribution in [0.15, 0.2) is 12.3 Å². The van der Waals surface area contributed by atoms with Crippen LogP contribution in [0.3, 0.4) is 0 Å². The number of amides is 1. The van der Waals surface area contributed by atoms with E-state index < -0.39 is 14.3 Å². The van der Waals surface area contributed by atoms with Crippen molar-refractivity contribution in [2.75, 3.05) is 11.4 Å². The fourth-order valence-electron chi connectivity index (χ4n) is 1.64. The molecule has 98 valence electrons. The van der Waals surface area contributed by atoms with Crippen molar-refractivity contribution in [2.45, 2.75) is 11.7 Å². The normalized spacial score (nSPS) is 20.5. The van der Waals surface area contributed by atoms with Crippen LogP contribution in [0.2, 0.25) is 5.02 Å². The molecule has 1 aliphatic heterocycles. The van der Waals surface area contributed by atoms with Crippen molar-refractivity contribution in [3.63, 3.8) is 0 Å². The zero-order valence-corrected chi connectivity index (χ0v) is 13.3. The molecule has 9 heteroatoms. The van der Waals surface area contributed by atoms with E-state index >= 15 is 0 Å². The molecule has 1 aliphatic rings. The van der Waals surface area contributed by atoms with E-state index in [-0.39, 0.29) is 18.9 Å². The third-order valence-corrected chi connectivity index (χ3v) is 5.92. The standard InChI is InChI=1S/C9H7Cl2IN2O3S/c10-6-2-8(13-3-7(6)12)14-4-5(1-9(14)15)18(11,16)17/h2-3,5H,1,4H2. The molecule has 1 fully saturated rings. The summed E-state index contributed by atoms with van der Waals surface area (Å²) in [5.41, 5.74) is 0. The molecule has 1 amide bonds. The second-order valence-corrected chi connectivity index (χ2v) is 8.24. The molecule has 1 unspecified atom stereocenters. The zero-order valence-electron chi connectivity index (χ0n) is 8.81. The van der Waals surface area contributed by atoms with E-state index in [9.17, 15) is 13.2 Å². The van der Waals surface area contributed by atoms with Crippen molar-refractivity contribution in [3.8, 4) is 0 Å². The first-order valence-corrected chi connectivity index (χ1v) is 8.67. The minimum atomic E-state index is -3.75. The van der Waals surface area contributed by atoms with E-state index in [1.165, 1.54) is 17.2 Å². The Kier molecular flexibility index (Phi) is 4.05. The number of carbonyl (C=O) groups excluding carboxylic acids is 1. The van der Waals surface area contributed by atoms with E-state index in [1.54, 1.807) is 0 Å². The number of pyridine rings is 1. The maximum atomic E-state index is 11.7. The van der Waals surface area contributed by atoms with E-state index in [0.717, 1.165) is 3.57 Å². The Morgan fingerprint density at radius 2 is 2.17 bits per heavy atom. The van der Waals surface area contributed by atoms with Crippen molar-refractivity contribution in [2.24, 2.45) is 0 Å². The summed E-state index contributed by atoms with van der Waals surface area (Å²) in [6.45, 7) is 0.00852. The number of halogens is 3. The molecule has 0 aromatic carbocycles. The van der Waals surface area contributed by atoms with Crippen molar-refractivity contribution in [3.05, 3.63) is 20.9 Å². The second-order valence-electron chi connectivity index (χ2n) is 3.76. The van der Waals surface area contributed by atoms with Crippen LogP contribution in [0, 0.1) is 3.57 Å². The molecule has 1 saturated heterocycles. The summed E-state index contributed by atoms with van der Waals surface area (Å²) in [6.07, 6.45) is 1.39. The Labute approximate surface area is 127 Å². The molecule has 1 atom stereocenters. The number of nitrogens with zero attached hydrogens (tertiary/aromatic N) is 2. The lowest BCUT2D eigenvalue weighted by Crippen LogP contribution is -2.27. The Morgan fingerprint density at radius 1 is 1.50 bits per heavy atom. The third kappa shape index (κ3) is 2.89. The number of hydrogen-bond donors (Lipinski definition) is 0. The minimum Gasteiger partial charge on any atom is -0.295 e. The molecule has 2 rings (SSSR count). The lowest BCUT2D eigenvalue weighted by atomic mass is 10.4. The van der Waals surface area contributed by atoms with Gasteiger partial charge in [-0.05, 0) is 22.6 Å². The van der Waals surface area contributed by atoms with Crippen molar-refractivity contribution < 1.29 is 13.2 Å². The van der Waals surface area contributed by atoms with Gasteiger partial charge in [0.25, 0.3) is 0 Å². The number of carbonyl (C=O) groups is 1. The molecule has 0 aliphatic carbocycles. The van der Waals surface area contributed by atoms with Gasteiger partial charge in [0.1, 0.15) is 11.1 Å². The minimum absolute atomic E-state index is 0.00852. The van der Waals surface area contributed by atoms with Crippen LogP contribution in [0.25, 0.3) is 0 Å². The summed E-state index contributed by atoms with van der Waals surface area (Å²) in [6, 6.07) is 1.53. The first-order chi connectivity index (χ1) is 8.29. The van der Waals surface area contributed by atoms with E-state index in [0.29, 0.717) is 10.8 Å². The van der Waals surface area contributed by atoms with E-state index in [4.69, 9.17) is 22.3 Å². The predicted molar refractivity (Wildman–Crippen MR) is 77.5 cm³/mol. The summed E-state index contributed by atoms with van der Waals surface area (Å²) >= 11 is 7.95. The molecule has 0 N–H and O–H groups in total. The van der Waals surface area contributed by atoms with Crippen LogP contribution < -0.4 is 4.90 Å². The molecule has 5 nitrogen and oxygen atoms in total. The number of anilines is 1. The number of hydrogen-bond acceptors (Lipinski definition) is 4. The van der Waals surface area contributed by atoms with Gasteiger partial charge < -0.3 is 0 Å². The van der Waals surface area contributed by atoms with Gasteiger partial charge in [-0.3, -0.25) is 9.69 Å². The van der Waals surface area contributed by atoms with Crippen molar-refractivity contribution in [1.82, 2.24) is 4.98 Å². The summed E-state index contributed by atoms with van der Waals surface area (Å²) in [7, 11) is 1.51. The predicted octanol–water partition coefficient (Wildman–Crippen LogP) is 2.01. The van der Waals surface area contributed by atoms with Crippen LogP contribution >= 0.6 is 44.9 Å². The van der Waals surface area contributed by atoms with Gasteiger partial charge >= 0.3 is 0 Å². The van der Waals surface area contributed by atoms with Crippen LogP contribution in [0.5, 0.6) is 0 Å². The Bertz CT molecular complexity index is 608. The average Bonchev–Trinajstić information content (AvgIpc) is 2.64. The van der Waals surface area contributed by atoms with Crippen LogP contribution in [-0.2, 0) is 13.8 Å². The highest BCUT2D eigenvalue weighted by Crippen LogP contribution is 2.28. The van der Waals surface area contributed by atoms with Gasteiger partial charge in [0.15, 0.2) is 0 Å². The van der Waals surface area contributed by atoms with Crippen molar-refractivity contribution >= 4 is 65.7 Å². The highest BCUT2D eigenvalue weighted by Gasteiger charge is 2.38. The smallest absolute Gasteiger partial charge is 0.237 e. The van der Waals surface area contributed by atoms with Gasteiger partial charge in [0.05, 0.1) is 8.59 Å². The molecule has 18 heavy (non-hydrogen) atoms. The van der Waals surface area contributed by atoms with Gasteiger partial charge in [0, 0.05) is 35.9 Å². The first-order valence-electron chi connectivity index (χ1n) is 4.84. The molecular weight excluding hydrogens is 414 g/mol. The summed E-state index contributed by atoms with van der Waals surface area (Å²) < 4.78 is 23.2. The van der Waals surface area contributed by atoms with Gasteiger partial charge in [0.2, 0.25) is 15.0 Å². The summed E-state index contributed by atoms with van der Waals surface area (Å²) in [4.78, 5) is 17.1. The Hall–Kier alpha value is -0.120. The molecule has 0 radical (unpaired) electrons. The molecule has 1 aromatic rings. The van der Waals surface area contributed by atoms with Gasteiger partial charge in [-0.2, -0.15) is 0 Å². The molecule has 1 aromatic heterocycles. The van der Waals surface area contributed by atoms with Gasteiger partial charge in [-0.1, -0.05) is 11.6 Å². The quantitative estimate of drug-likeness (QED) is 0.542. The maximum Gasteiger partial charge on any atom is 0.237 e. The van der Waals surface area contributed by atoms with E-state index in [1.807, 2.05) is 22.6 Å². The fourth-order valence-corrected chi connectivity index (χ4v) is 3.10. The highest BCUT2D eigenvalue weighted by atomic mass is 127. The van der Waals surface area contributed by atoms with Crippen molar-refractivity contribution in [1.29, 1.82) is 0 Å². The molecule has 0 bridgehead atoms. The third-order valence-electron chi connectivity index (χ3n) is 2.56. The van der Waals surface area contributed by atoms with Gasteiger partial charge in [-0.15, -0.1) is 0 Å². The topological polar surface area (TPSA) is 67.3 Å². The van der Waals surface area contributed by atoms with Crippen LogP contribution in [-0.4, -0.2) is 31.1 Å². The maximum absolute atomic E-state index is 11.7. The molecule has 0 saturated carbocycles. The monoisotopic (exact) mass is 420 g/mol. The molecular formula is C9H7Cl2IN2O3S. The number of rotatable bonds is 2. The van der Waals surface area contributed by atoms with E-state index in [2.05, 4.69) is 4.98 Å². The fraction of sp³-hybridized carbons (Fsp3) is 0.333. The SMILES string of the molecule is O=C1CC(S(=O)(=O)Cl)CN1c1cc(Cl)c(I)cn1. The molecule has 0 spiro atoms. The number of aromatic nitrogens is 1. The van der Waals surface area contributed by atoms with Crippen LogP contribution in [0.4, 0.5) is 5.82 Å². The Morgan fingerprint density at radius 3 is 2.67 bits per heavy atom. The first kappa shape index (κ1) is 14.3. The summed E-state index contributed by atoms with van der Waals surface area (Å²) in [5, 5.41) is -0.433. The zero-order chi connectivity index (χ0) is 13.5. The lowest BCUT2D eigenvalue weighted by molar-refractivity contribution is -0.117. The Balaban J connectivity index is 2.30. The highest BCUT2D eigenvalue weighted by molar-refractivity contribution is 14.1. The van der Waals surface area contributed by atoms with Crippen LogP contribution in [0.1, 0.15) is 6.42 Å². The summed E-state index contributed by atoms with van der Waals surface area (Å²) in [5.74, 6) is 0.0160. The average molecular weight is 421 g/mol. The van der Waals surface area contributed by atoms with Gasteiger partial charge in [-0.25, -0.2) is 13.4 Å².